The van der Waals surface area contributed by atoms with Gasteiger partial charge in [-0.1, -0.05) is 45.0 Å². The molecule has 3 nitrogen and oxygen atoms in total. The van der Waals surface area contributed by atoms with Crippen LogP contribution in [0.4, 0.5) is 0 Å². The zero-order valence-electron chi connectivity index (χ0n) is 12.1. The lowest BCUT2D eigenvalue weighted by Gasteiger charge is -2.31. The standard InChI is InChI=1S/C10H20N2O.C6H4/c1-10(2,3)9(13)8-4-6-12(11)7-5-8;1-2-6-4-3-5(1)6/h8H,4-7,11H2,1-3H3;1-4H. The number of Topliss-reactive ketones (excluding diaryl/α,β-unsaturated/α-hetero) is 1. The highest BCUT2D eigenvalue weighted by atomic mass is 16.1. The first-order valence-electron chi connectivity index (χ1n) is 7.02. The Labute approximate surface area is 115 Å². The van der Waals surface area contributed by atoms with Gasteiger partial charge in [0, 0.05) is 24.4 Å². The summed E-state index contributed by atoms with van der Waals surface area (Å²) in [6, 6.07) is 8.48. The van der Waals surface area contributed by atoms with Gasteiger partial charge in [0.05, 0.1) is 0 Å². The monoisotopic (exact) mass is 260 g/mol. The molecule has 1 aliphatic heterocycles. The molecule has 19 heavy (non-hydrogen) atoms. The molecule has 2 aliphatic carbocycles. The second-order valence-electron chi connectivity index (χ2n) is 6.50. The van der Waals surface area contributed by atoms with Gasteiger partial charge in [0.1, 0.15) is 5.78 Å². The second-order valence-corrected chi connectivity index (χ2v) is 6.50. The molecule has 0 unspecified atom stereocenters. The first-order chi connectivity index (χ1) is 8.88. The first-order valence-corrected chi connectivity index (χ1v) is 7.02. The third kappa shape index (κ3) is 3.43. The predicted molar refractivity (Wildman–Crippen MR) is 78.4 cm³/mol. The molecule has 0 aromatic carbocycles. The van der Waals surface area contributed by atoms with Crippen molar-refractivity contribution in [1.29, 1.82) is 0 Å². The molecule has 1 fully saturated rings. The normalized spacial score (nSPS) is 18.5. The van der Waals surface area contributed by atoms with E-state index in [1.54, 1.807) is 5.01 Å². The summed E-state index contributed by atoms with van der Waals surface area (Å²) in [5, 5.41) is 1.80. The summed E-state index contributed by atoms with van der Waals surface area (Å²) in [4.78, 5) is 11.9. The summed E-state index contributed by atoms with van der Waals surface area (Å²) in [6.45, 7) is 7.68. The number of nitrogens with two attached hydrogens (primary N) is 1. The smallest absolute Gasteiger partial charge is 0.141 e. The SMILES string of the molecule is CC(C)(C)C(=O)C1CCN(N)CC1.c1cc2ccc1-2. The van der Waals surface area contributed by atoms with E-state index in [0.717, 1.165) is 25.9 Å². The van der Waals surface area contributed by atoms with Crippen LogP contribution in [0.25, 0.3) is 11.1 Å². The molecule has 0 bridgehead atoms. The molecule has 0 saturated carbocycles. The lowest BCUT2D eigenvalue weighted by molar-refractivity contribution is -0.131. The number of benzene rings is 1. The highest BCUT2D eigenvalue weighted by Crippen LogP contribution is 2.29. The number of hydrogen-bond acceptors (Lipinski definition) is 3. The van der Waals surface area contributed by atoms with Gasteiger partial charge in [0.25, 0.3) is 0 Å². The van der Waals surface area contributed by atoms with E-state index >= 15 is 0 Å². The average molecular weight is 260 g/mol. The zero-order valence-corrected chi connectivity index (χ0v) is 12.1. The quantitative estimate of drug-likeness (QED) is 0.802. The Morgan fingerprint density at radius 2 is 1.53 bits per heavy atom. The largest absolute Gasteiger partial charge is 0.299 e. The Balaban J connectivity index is 0.000000180. The van der Waals surface area contributed by atoms with Crippen LogP contribution in [0.15, 0.2) is 24.3 Å². The number of nitrogens with zero attached hydrogens (tertiary/aromatic N) is 1. The minimum Gasteiger partial charge on any atom is -0.299 e. The van der Waals surface area contributed by atoms with Gasteiger partial charge in [-0.25, -0.2) is 5.01 Å². The Hall–Kier alpha value is -1.19. The fourth-order valence-corrected chi connectivity index (χ4v) is 2.44. The van der Waals surface area contributed by atoms with Crippen molar-refractivity contribution in [1.82, 2.24) is 5.01 Å². The number of fused-ring (bicyclic) bond motifs is 1. The van der Waals surface area contributed by atoms with E-state index in [2.05, 4.69) is 24.3 Å². The number of rotatable bonds is 1. The maximum absolute atomic E-state index is 11.9. The minimum absolute atomic E-state index is 0.193. The molecule has 1 saturated heterocycles. The maximum Gasteiger partial charge on any atom is 0.141 e. The zero-order chi connectivity index (χ0) is 14.0. The Morgan fingerprint density at radius 1 is 1.11 bits per heavy atom. The number of hydrogen-bond donors (Lipinski definition) is 1. The molecular formula is C16H24N2O. The number of carbonyl (C=O) groups is 1. The van der Waals surface area contributed by atoms with E-state index < -0.39 is 0 Å². The summed E-state index contributed by atoms with van der Waals surface area (Å²) in [5.74, 6) is 6.25. The van der Waals surface area contributed by atoms with E-state index in [1.165, 1.54) is 11.1 Å². The van der Waals surface area contributed by atoms with Crippen molar-refractivity contribution in [3.05, 3.63) is 24.3 Å². The Bertz CT molecular complexity index is 416. The third-order valence-corrected chi connectivity index (χ3v) is 3.86. The Kier molecular flexibility index (Phi) is 4.07. The summed E-state index contributed by atoms with van der Waals surface area (Å²) in [7, 11) is 0. The van der Waals surface area contributed by atoms with Gasteiger partial charge in [0.15, 0.2) is 0 Å². The van der Waals surface area contributed by atoms with Crippen LogP contribution >= 0.6 is 0 Å². The van der Waals surface area contributed by atoms with Crippen LogP contribution in [0.5, 0.6) is 0 Å². The van der Waals surface area contributed by atoms with Crippen LogP contribution in [0.2, 0.25) is 0 Å². The first kappa shape index (κ1) is 14.2. The molecule has 2 N–H and O–H groups in total. The fourth-order valence-electron chi connectivity index (χ4n) is 2.44. The molecule has 0 radical (unpaired) electrons. The fraction of sp³-hybridized carbons (Fsp3) is 0.562. The maximum atomic E-state index is 11.9. The van der Waals surface area contributed by atoms with E-state index in [0.29, 0.717) is 5.78 Å². The predicted octanol–water partition coefficient (Wildman–Crippen LogP) is 2.85. The van der Waals surface area contributed by atoms with Crippen molar-refractivity contribution in [2.75, 3.05) is 13.1 Å². The Morgan fingerprint density at radius 3 is 1.79 bits per heavy atom. The van der Waals surface area contributed by atoms with Gasteiger partial charge in [-0.2, -0.15) is 0 Å². The van der Waals surface area contributed by atoms with Gasteiger partial charge >= 0.3 is 0 Å². The van der Waals surface area contributed by atoms with Crippen molar-refractivity contribution in [3.63, 3.8) is 0 Å². The van der Waals surface area contributed by atoms with Crippen LogP contribution in [0.1, 0.15) is 33.6 Å². The van der Waals surface area contributed by atoms with E-state index in [4.69, 9.17) is 5.84 Å². The van der Waals surface area contributed by atoms with Gasteiger partial charge in [0.2, 0.25) is 0 Å². The average Bonchev–Trinajstić information content (AvgIpc) is 2.33. The topological polar surface area (TPSA) is 46.3 Å². The van der Waals surface area contributed by atoms with Gasteiger partial charge < -0.3 is 0 Å². The molecule has 1 heterocycles. The lowest BCUT2D eigenvalue weighted by atomic mass is 9.79. The van der Waals surface area contributed by atoms with Gasteiger partial charge in [-0.05, 0) is 24.0 Å². The van der Waals surface area contributed by atoms with Crippen LogP contribution in [-0.4, -0.2) is 23.9 Å². The van der Waals surface area contributed by atoms with Crippen LogP contribution in [-0.2, 0) is 4.79 Å². The van der Waals surface area contributed by atoms with Crippen molar-refractivity contribution < 1.29 is 4.79 Å². The molecule has 0 spiro atoms. The van der Waals surface area contributed by atoms with Crippen LogP contribution in [0.3, 0.4) is 0 Å². The highest BCUT2D eigenvalue weighted by Gasteiger charge is 2.31. The molecule has 3 rings (SSSR count). The van der Waals surface area contributed by atoms with Gasteiger partial charge in [-0.15, -0.1) is 0 Å². The third-order valence-electron chi connectivity index (χ3n) is 3.86. The number of piperidine rings is 1. The summed E-state index contributed by atoms with van der Waals surface area (Å²) < 4.78 is 0. The number of carbonyl (C=O) groups excluding carboxylic acids is 1. The molecule has 3 heteroatoms. The lowest BCUT2D eigenvalue weighted by Crippen LogP contribution is -2.42. The molecule has 0 amide bonds. The van der Waals surface area contributed by atoms with Crippen molar-refractivity contribution in [2.45, 2.75) is 33.6 Å². The van der Waals surface area contributed by atoms with E-state index in [1.807, 2.05) is 20.8 Å². The summed E-state index contributed by atoms with van der Waals surface area (Å²) in [5.41, 5.74) is 2.66. The van der Waals surface area contributed by atoms with Crippen LogP contribution < -0.4 is 5.84 Å². The minimum atomic E-state index is -0.193. The molecule has 0 atom stereocenters. The number of ketones is 1. The summed E-state index contributed by atoms with van der Waals surface area (Å²) >= 11 is 0. The van der Waals surface area contributed by atoms with E-state index in [-0.39, 0.29) is 11.3 Å². The van der Waals surface area contributed by atoms with Crippen molar-refractivity contribution in [3.8, 4) is 11.1 Å². The van der Waals surface area contributed by atoms with Crippen molar-refractivity contribution in [2.24, 2.45) is 17.2 Å². The van der Waals surface area contributed by atoms with Crippen molar-refractivity contribution >= 4 is 5.78 Å². The molecule has 104 valence electrons. The van der Waals surface area contributed by atoms with E-state index in [9.17, 15) is 4.79 Å². The van der Waals surface area contributed by atoms with Gasteiger partial charge in [-0.3, -0.25) is 10.6 Å². The van der Waals surface area contributed by atoms with Crippen LogP contribution in [0, 0.1) is 11.3 Å². The molecule has 3 aliphatic rings. The molecule has 0 aromatic heterocycles. The second kappa shape index (κ2) is 5.43. The summed E-state index contributed by atoms with van der Waals surface area (Å²) in [6.07, 6.45) is 1.85. The molecular weight excluding hydrogens is 236 g/mol. The highest BCUT2D eigenvalue weighted by molar-refractivity contribution is 5.86. The number of hydrazine groups is 1. The molecule has 0 aromatic rings.